The van der Waals surface area contributed by atoms with Crippen LogP contribution >= 0.6 is 0 Å². The van der Waals surface area contributed by atoms with Gasteiger partial charge in [-0.3, -0.25) is 9.59 Å². The molecule has 0 bridgehead atoms. The van der Waals surface area contributed by atoms with Gasteiger partial charge in [-0.2, -0.15) is 0 Å². The molecule has 10 nitrogen and oxygen atoms in total. The normalized spacial score (nSPS) is 18.7. The first kappa shape index (κ1) is 65.7. The van der Waals surface area contributed by atoms with Crippen LogP contribution in [-0.2, 0) is 28.5 Å². The van der Waals surface area contributed by atoms with Gasteiger partial charge in [0, 0.05) is 12.8 Å². The zero-order valence-electron chi connectivity index (χ0n) is 45.4. The minimum atomic E-state index is -1.59. The third-order valence-electron chi connectivity index (χ3n) is 14.5. The van der Waals surface area contributed by atoms with Gasteiger partial charge in [-0.15, -0.1) is 0 Å². The number of rotatable bonds is 53. The lowest BCUT2D eigenvalue weighted by Gasteiger charge is -2.39. The Morgan fingerprint density at radius 2 is 0.681 bits per heavy atom. The van der Waals surface area contributed by atoms with Crippen molar-refractivity contribution in [2.75, 3.05) is 19.8 Å². The maximum absolute atomic E-state index is 12.9. The fourth-order valence-electron chi connectivity index (χ4n) is 9.78. The zero-order valence-corrected chi connectivity index (χ0v) is 45.4. The molecule has 0 aromatic carbocycles. The molecule has 0 amide bonds. The molecule has 10 heteroatoms. The molecule has 4 N–H and O–H groups in total. The number of ether oxygens (including phenoxy) is 4. The summed E-state index contributed by atoms with van der Waals surface area (Å²) in [5.74, 6) is -0.780. The van der Waals surface area contributed by atoms with Crippen LogP contribution in [0.3, 0.4) is 0 Å². The summed E-state index contributed by atoms with van der Waals surface area (Å²) < 4.78 is 22.4. The number of hydrogen-bond donors (Lipinski definition) is 4. The predicted molar refractivity (Wildman–Crippen MR) is 284 cm³/mol. The van der Waals surface area contributed by atoms with E-state index in [1.807, 2.05) is 0 Å². The molecule has 0 saturated carbocycles. The van der Waals surface area contributed by atoms with Gasteiger partial charge >= 0.3 is 11.9 Å². The minimum absolute atomic E-state index is 0.208. The molecule has 410 valence electrons. The molecule has 1 heterocycles. The van der Waals surface area contributed by atoms with Gasteiger partial charge in [-0.1, -0.05) is 284 Å². The second-order valence-electron chi connectivity index (χ2n) is 21.2. The second-order valence-corrected chi connectivity index (χ2v) is 21.2. The highest BCUT2D eigenvalue weighted by Crippen LogP contribution is 2.23. The largest absolute Gasteiger partial charge is 0.462 e. The lowest BCUT2D eigenvalue weighted by atomic mass is 9.99. The van der Waals surface area contributed by atoms with Gasteiger partial charge in [-0.05, 0) is 12.8 Å². The quantitative estimate of drug-likeness (QED) is 0.0342. The van der Waals surface area contributed by atoms with Crippen LogP contribution in [0.2, 0.25) is 0 Å². The van der Waals surface area contributed by atoms with E-state index in [9.17, 15) is 30.0 Å². The summed E-state index contributed by atoms with van der Waals surface area (Å²) in [5.41, 5.74) is 0. The van der Waals surface area contributed by atoms with Crippen molar-refractivity contribution < 1.29 is 49.0 Å². The topological polar surface area (TPSA) is 152 Å². The van der Waals surface area contributed by atoms with Gasteiger partial charge in [0.2, 0.25) is 0 Å². The fraction of sp³-hybridized carbons (Fsp3) is 0.966. The van der Waals surface area contributed by atoms with Gasteiger partial charge < -0.3 is 39.4 Å². The highest BCUT2D eigenvalue weighted by atomic mass is 16.7. The van der Waals surface area contributed by atoms with Crippen molar-refractivity contribution in [1.82, 2.24) is 0 Å². The summed E-state index contributed by atoms with van der Waals surface area (Å²) in [6, 6.07) is 0. The Morgan fingerprint density at radius 3 is 0.986 bits per heavy atom. The Hall–Kier alpha value is -1.30. The van der Waals surface area contributed by atoms with E-state index < -0.39 is 49.4 Å². The molecular formula is C59H114O10. The third-order valence-corrected chi connectivity index (χ3v) is 14.5. The van der Waals surface area contributed by atoms with Gasteiger partial charge in [0.15, 0.2) is 12.4 Å². The summed E-state index contributed by atoms with van der Waals surface area (Å²) in [7, 11) is 0. The van der Waals surface area contributed by atoms with Crippen LogP contribution < -0.4 is 0 Å². The SMILES string of the molecule is CCCCCCCCCCCCCCCCCCCCCCCCC(=O)OCC(COC1OC(CO)C(O)C(O)C1O)OC(=O)CCCCCCCCCCCCCCCCCCCCCCCC. The molecule has 1 saturated heterocycles. The molecule has 0 radical (unpaired) electrons. The molecule has 1 aliphatic heterocycles. The van der Waals surface area contributed by atoms with E-state index in [1.54, 1.807) is 0 Å². The van der Waals surface area contributed by atoms with Crippen molar-refractivity contribution in [2.24, 2.45) is 0 Å². The van der Waals surface area contributed by atoms with Crippen LogP contribution in [0.4, 0.5) is 0 Å². The van der Waals surface area contributed by atoms with Gasteiger partial charge in [0.25, 0.3) is 0 Å². The Bertz CT molecular complexity index is 1090. The van der Waals surface area contributed by atoms with E-state index in [4.69, 9.17) is 18.9 Å². The van der Waals surface area contributed by atoms with Crippen molar-refractivity contribution in [1.29, 1.82) is 0 Å². The molecule has 0 aromatic rings. The van der Waals surface area contributed by atoms with Crippen molar-refractivity contribution >= 4 is 11.9 Å². The summed E-state index contributed by atoms with van der Waals surface area (Å²) >= 11 is 0. The van der Waals surface area contributed by atoms with Crippen molar-refractivity contribution in [3.63, 3.8) is 0 Å². The van der Waals surface area contributed by atoms with E-state index in [-0.39, 0.29) is 32.0 Å². The Morgan fingerprint density at radius 1 is 0.391 bits per heavy atom. The first-order chi connectivity index (χ1) is 33.8. The van der Waals surface area contributed by atoms with E-state index in [0.717, 1.165) is 32.1 Å². The lowest BCUT2D eigenvalue weighted by molar-refractivity contribution is -0.305. The zero-order chi connectivity index (χ0) is 50.1. The van der Waals surface area contributed by atoms with E-state index in [2.05, 4.69) is 13.8 Å². The molecule has 6 atom stereocenters. The number of hydrogen-bond acceptors (Lipinski definition) is 10. The minimum Gasteiger partial charge on any atom is -0.462 e. The van der Waals surface area contributed by atoms with E-state index >= 15 is 0 Å². The number of carbonyl (C=O) groups excluding carboxylic acids is 2. The Labute approximate surface area is 425 Å². The molecule has 6 unspecified atom stereocenters. The second kappa shape index (κ2) is 50.2. The molecule has 1 fully saturated rings. The molecular weight excluding hydrogens is 869 g/mol. The van der Waals surface area contributed by atoms with Gasteiger partial charge in [0.1, 0.15) is 31.0 Å². The lowest BCUT2D eigenvalue weighted by Crippen LogP contribution is -2.59. The smallest absolute Gasteiger partial charge is 0.306 e. The third kappa shape index (κ3) is 40.8. The van der Waals surface area contributed by atoms with E-state index in [1.165, 1.54) is 244 Å². The summed E-state index contributed by atoms with van der Waals surface area (Å²) in [4.78, 5) is 25.6. The average molecular weight is 984 g/mol. The number of carbonyl (C=O) groups is 2. The number of unbranched alkanes of at least 4 members (excludes halogenated alkanes) is 42. The number of aliphatic hydroxyl groups excluding tert-OH is 4. The summed E-state index contributed by atoms with van der Waals surface area (Å²) in [5, 5.41) is 40.3. The standard InChI is InChI=1S/C59H114O10/c1-3-5-7-9-11-13-15-17-19-21-23-25-27-29-31-33-35-37-39-41-43-45-47-54(61)66-50-52(51-67-59-58(65)57(64)56(63)53(49-60)69-59)68-55(62)48-46-44-42-40-38-36-34-32-30-28-26-24-22-20-18-16-14-12-10-8-6-4-2/h52-53,56-60,63-65H,3-51H2,1-2H3. The maximum atomic E-state index is 12.9. The van der Waals surface area contributed by atoms with Crippen LogP contribution in [-0.4, -0.2) is 89.0 Å². The number of aliphatic hydroxyl groups is 4. The van der Waals surface area contributed by atoms with Crippen LogP contribution in [0.5, 0.6) is 0 Å². The predicted octanol–water partition coefficient (Wildman–Crippen LogP) is 15.2. The van der Waals surface area contributed by atoms with Crippen molar-refractivity contribution in [3.05, 3.63) is 0 Å². The average Bonchev–Trinajstić information content (AvgIpc) is 3.35. The van der Waals surface area contributed by atoms with E-state index in [0.29, 0.717) is 6.42 Å². The first-order valence-corrected chi connectivity index (χ1v) is 30.1. The van der Waals surface area contributed by atoms with Gasteiger partial charge in [0.05, 0.1) is 13.2 Å². The highest BCUT2D eigenvalue weighted by molar-refractivity contribution is 5.70. The monoisotopic (exact) mass is 983 g/mol. The van der Waals surface area contributed by atoms with Gasteiger partial charge in [-0.25, -0.2) is 0 Å². The number of esters is 2. The Kier molecular flexibility index (Phi) is 47.8. The summed E-state index contributed by atoms with van der Waals surface area (Å²) in [6.45, 7) is 3.51. The molecule has 69 heavy (non-hydrogen) atoms. The molecule has 0 aliphatic carbocycles. The molecule has 0 aromatic heterocycles. The van der Waals surface area contributed by atoms with Crippen LogP contribution in [0, 0.1) is 0 Å². The van der Waals surface area contributed by atoms with Crippen LogP contribution in [0.25, 0.3) is 0 Å². The van der Waals surface area contributed by atoms with Crippen molar-refractivity contribution in [3.8, 4) is 0 Å². The molecule has 0 spiro atoms. The first-order valence-electron chi connectivity index (χ1n) is 30.1. The fourth-order valence-corrected chi connectivity index (χ4v) is 9.78. The van der Waals surface area contributed by atoms with Crippen LogP contribution in [0.15, 0.2) is 0 Å². The summed E-state index contributed by atoms with van der Waals surface area (Å²) in [6.07, 6.45) is 49.8. The van der Waals surface area contributed by atoms with Crippen molar-refractivity contribution in [2.45, 2.75) is 346 Å². The highest BCUT2D eigenvalue weighted by Gasteiger charge is 2.44. The molecule has 1 rings (SSSR count). The van der Waals surface area contributed by atoms with Crippen LogP contribution in [0.1, 0.15) is 309 Å². The Balaban J connectivity index is 2.16. The maximum Gasteiger partial charge on any atom is 0.306 e. The molecule has 1 aliphatic rings.